The molecule has 0 aliphatic heterocycles. The molecule has 2 aromatic heterocycles. The Morgan fingerprint density at radius 1 is 1.33 bits per heavy atom. The van der Waals surface area contributed by atoms with Crippen molar-refractivity contribution in [2.45, 2.75) is 36.2 Å². The topological polar surface area (TPSA) is 59.8 Å². The number of benzene rings is 1. The second-order valence-electron chi connectivity index (χ2n) is 6.26. The van der Waals surface area contributed by atoms with Crippen LogP contribution in [0.2, 0.25) is 10.0 Å². The number of aromatic nitrogens is 3. The first kappa shape index (κ1) is 18.8. The lowest BCUT2D eigenvalue weighted by molar-refractivity contribution is -0.115. The molecule has 0 bridgehead atoms. The van der Waals surface area contributed by atoms with E-state index in [-0.39, 0.29) is 11.2 Å². The van der Waals surface area contributed by atoms with Crippen molar-refractivity contribution in [3.05, 3.63) is 45.8 Å². The fraction of sp³-hybridized carbons (Fsp3) is 0.278. The predicted molar refractivity (Wildman–Crippen MR) is 112 cm³/mol. The van der Waals surface area contributed by atoms with E-state index in [1.54, 1.807) is 29.5 Å². The zero-order valence-electron chi connectivity index (χ0n) is 14.4. The average Bonchev–Trinajstić information content (AvgIpc) is 3.16. The number of carbonyl (C=O) groups is 1. The van der Waals surface area contributed by atoms with Gasteiger partial charge in [-0.2, -0.15) is 0 Å². The van der Waals surface area contributed by atoms with Crippen LogP contribution in [-0.2, 0) is 4.79 Å². The third-order valence-corrected chi connectivity index (χ3v) is 6.64. The molecule has 1 aliphatic rings. The highest BCUT2D eigenvalue weighted by molar-refractivity contribution is 8.00. The van der Waals surface area contributed by atoms with Gasteiger partial charge in [-0.25, -0.2) is 0 Å². The van der Waals surface area contributed by atoms with Crippen molar-refractivity contribution in [3.63, 3.8) is 0 Å². The van der Waals surface area contributed by atoms with Gasteiger partial charge in [-0.1, -0.05) is 41.0 Å². The Bertz CT molecular complexity index is 970. The van der Waals surface area contributed by atoms with Crippen molar-refractivity contribution in [1.29, 1.82) is 0 Å². The number of nitrogens with zero attached hydrogens (tertiary/aromatic N) is 3. The van der Waals surface area contributed by atoms with Crippen LogP contribution >= 0.6 is 46.3 Å². The summed E-state index contributed by atoms with van der Waals surface area (Å²) >= 11 is 15.2. The molecule has 1 fully saturated rings. The molecule has 1 saturated carbocycles. The van der Waals surface area contributed by atoms with E-state index in [1.165, 1.54) is 11.8 Å². The highest BCUT2D eigenvalue weighted by Gasteiger charge is 2.31. The number of hydrogen-bond acceptors (Lipinski definition) is 5. The maximum atomic E-state index is 12.6. The summed E-state index contributed by atoms with van der Waals surface area (Å²) in [6.07, 6.45) is 2.23. The third kappa shape index (κ3) is 4.16. The van der Waals surface area contributed by atoms with Gasteiger partial charge in [-0.15, -0.1) is 21.5 Å². The van der Waals surface area contributed by atoms with Crippen LogP contribution in [-0.4, -0.2) is 25.9 Å². The van der Waals surface area contributed by atoms with Gasteiger partial charge in [0.2, 0.25) is 5.91 Å². The number of rotatable bonds is 6. The molecular formula is C18H16Cl2N4OS2. The Hall–Kier alpha value is -1.54. The van der Waals surface area contributed by atoms with Gasteiger partial charge in [0.1, 0.15) is 0 Å². The highest BCUT2D eigenvalue weighted by Crippen LogP contribution is 2.42. The second-order valence-corrected chi connectivity index (χ2v) is 9.36. The van der Waals surface area contributed by atoms with E-state index < -0.39 is 0 Å². The Balaban J connectivity index is 1.52. The van der Waals surface area contributed by atoms with Gasteiger partial charge in [-0.05, 0) is 49.4 Å². The number of thioether (sulfide) groups is 1. The number of thiophene rings is 1. The van der Waals surface area contributed by atoms with Crippen molar-refractivity contribution >= 4 is 57.9 Å². The van der Waals surface area contributed by atoms with Crippen LogP contribution < -0.4 is 5.32 Å². The van der Waals surface area contributed by atoms with E-state index in [9.17, 15) is 4.79 Å². The van der Waals surface area contributed by atoms with Crippen molar-refractivity contribution in [2.75, 3.05) is 5.32 Å². The molecule has 2 heterocycles. The molecule has 1 atom stereocenters. The number of halogens is 2. The van der Waals surface area contributed by atoms with Crippen LogP contribution in [0.3, 0.4) is 0 Å². The standard InChI is InChI=1S/C18H16Cl2N4OS2/c1-10(17(25)21-14-9-11(19)4-7-13(14)20)27-18-23-22-16(15-3-2-8-26-15)24(18)12-5-6-12/h2-4,7-10,12H,5-6H2,1H3,(H,21,25). The van der Waals surface area contributed by atoms with Crippen LogP contribution in [0.1, 0.15) is 25.8 Å². The molecule has 1 aromatic carbocycles. The molecule has 1 N–H and O–H groups in total. The lowest BCUT2D eigenvalue weighted by atomic mass is 10.3. The van der Waals surface area contributed by atoms with Crippen LogP contribution in [0.4, 0.5) is 5.69 Å². The molecule has 1 aliphatic carbocycles. The average molecular weight is 439 g/mol. The molecule has 1 unspecified atom stereocenters. The summed E-state index contributed by atoms with van der Waals surface area (Å²) in [6.45, 7) is 1.84. The minimum atomic E-state index is -0.363. The molecular weight excluding hydrogens is 423 g/mol. The van der Waals surface area contributed by atoms with Gasteiger partial charge < -0.3 is 5.32 Å². The summed E-state index contributed by atoms with van der Waals surface area (Å²) in [7, 11) is 0. The normalized spacial score (nSPS) is 14.9. The Morgan fingerprint density at radius 3 is 2.85 bits per heavy atom. The number of nitrogens with one attached hydrogen (secondary N) is 1. The largest absolute Gasteiger partial charge is 0.324 e. The van der Waals surface area contributed by atoms with E-state index in [0.29, 0.717) is 21.8 Å². The van der Waals surface area contributed by atoms with Crippen LogP contribution in [0, 0.1) is 0 Å². The molecule has 5 nitrogen and oxygen atoms in total. The minimum Gasteiger partial charge on any atom is -0.324 e. The van der Waals surface area contributed by atoms with Crippen LogP contribution in [0.15, 0.2) is 40.9 Å². The lowest BCUT2D eigenvalue weighted by Gasteiger charge is -2.14. The van der Waals surface area contributed by atoms with Gasteiger partial charge in [0.15, 0.2) is 11.0 Å². The van der Waals surface area contributed by atoms with Gasteiger partial charge in [-0.3, -0.25) is 9.36 Å². The van der Waals surface area contributed by atoms with E-state index in [2.05, 4.69) is 20.1 Å². The fourth-order valence-electron chi connectivity index (χ4n) is 2.63. The zero-order valence-corrected chi connectivity index (χ0v) is 17.5. The molecule has 1 amide bonds. The molecule has 0 saturated heterocycles. The highest BCUT2D eigenvalue weighted by atomic mass is 35.5. The number of anilines is 1. The molecule has 27 heavy (non-hydrogen) atoms. The van der Waals surface area contributed by atoms with Gasteiger partial charge in [0, 0.05) is 11.1 Å². The number of carbonyl (C=O) groups excluding carboxylic acids is 1. The quantitative estimate of drug-likeness (QED) is 0.496. The summed E-state index contributed by atoms with van der Waals surface area (Å²) in [6, 6.07) is 9.44. The first-order valence-corrected chi connectivity index (χ1v) is 11.0. The predicted octanol–water partition coefficient (Wildman–Crippen LogP) is 5.77. The van der Waals surface area contributed by atoms with E-state index in [0.717, 1.165) is 28.7 Å². The van der Waals surface area contributed by atoms with Crippen molar-refractivity contribution in [2.24, 2.45) is 0 Å². The Labute approximate surface area is 175 Å². The summed E-state index contributed by atoms with van der Waals surface area (Å²) < 4.78 is 2.16. The summed E-state index contributed by atoms with van der Waals surface area (Å²) in [5, 5.41) is 15.0. The van der Waals surface area contributed by atoms with Crippen molar-refractivity contribution in [3.8, 4) is 10.7 Å². The van der Waals surface area contributed by atoms with E-state index in [1.807, 2.05) is 24.4 Å². The number of hydrogen-bond donors (Lipinski definition) is 1. The van der Waals surface area contributed by atoms with Gasteiger partial charge in [0.25, 0.3) is 0 Å². The fourth-order valence-corrected chi connectivity index (χ4v) is 4.59. The molecule has 0 spiro atoms. The van der Waals surface area contributed by atoms with Crippen molar-refractivity contribution < 1.29 is 4.79 Å². The Kier molecular flexibility index (Phi) is 5.45. The van der Waals surface area contributed by atoms with Crippen LogP contribution in [0.25, 0.3) is 10.7 Å². The molecule has 140 valence electrons. The summed E-state index contributed by atoms with van der Waals surface area (Å²) in [5.74, 6) is 0.715. The van der Waals surface area contributed by atoms with Crippen molar-refractivity contribution in [1.82, 2.24) is 14.8 Å². The Morgan fingerprint density at radius 2 is 2.15 bits per heavy atom. The molecule has 9 heteroatoms. The minimum absolute atomic E-state index is 0.160. The third-order valence-electron chi connectivity index (χ3n) is 4.16. The summed E-state index contributed by atoms with van der Waals surface area (Å²) in [4.78, 5) is 13.7. The SMILES string of the molecule is CC(Sc1nnc(-c2cccs2)n1C1CC1)C(=O)Nc1cc(Cl)ccc1Cl. The first-order chi connectivity index (χ1) is 13.0. The van der Waals surface area contributed by atoms with Crippen LogP contribution in [0.5, 0.6) is 0 Å². The maximum Gasteiger partial charge on any atom is 0.237 e. The number of amides is 1. The smallest absolute Gasteiger partial charge is 0.237 e. The van der Waals surface area contributed by atoms with E-state index in [4.69, 9.17) is 23.2 Å². The van der Waals surface area contributed by atoms with Gasteiger partial charge >= 0.3 is 0 Å². The lowest BCUT2D eigenvalue weighted by Crippen LogP contribution is -2.23. The monoisotopic (exact) mass is 438 g/mol. The van der Waals surface area contributed by atoms with Gasteiger partial charge in [0.05, 0.1) is 20.8 Å². The molecule has 0 radical (unpaired) electrons. The zero-order chi connectivity index (χ0) is 19.0. The first-order valence-electron chi connectivity index (χ1n) is 8.44. The second kappa shape index (κ2) is 7.83. The molecule has 3 aromatic rings. The van der Waals surface area contributed by atoms with E-state index >= 15 is 0 Å². The molecule has 4 rings (SSSR count). The maximum absolute atomic E-state index is 12.6. The summed E-state index contributed by atoms with van der Waals surface area (Å²) in [5.41, 5.74) is 0.504.